The Bertz CT molecular complexity index is 636. The zero-order chi connectivity index (χ0) is 15.1. The van der Waals surface area contributed by atoms with Crippen LogP contribution in [0.3, 0.4) is 0 Å². The normalized spacial score (nSPS) is 11.8. The second-order valence-corrected chi connectivity index (χ2v) is 6.08. The van der Waals surface area contributed by atoms with E-state index in [1.54, 1.807) is 0 Å². The first kappa shape index (κ1) is 14.5. The maximum absolute atomic E-state index is 5.58. The number of nitrogen functional groups attached to an aromatic ring is 1. The number of rotatable bonds is 2. The van der Waals surface area contributed by atoms with Gasteiger partial charge in [0, 0.05) is 16.7 Å². The summed E-state index contributed by atoms with van der Waals surface area (Å²) in [6.07, 6.45) is 0. The van der Waals surface area contributed by atoms with Gasteiger partial charge in [0.1, 0.15) is 11.6 Å². The number of hydrogen-bond donors (Lipinski definition) is 2. The Morgan fingerprint density at radius 1 is 1.15 bits per heavy atom. The Labute approximate surface area is 119 Å². The standard InChI is InChI=1S/C14H22N6/c1-8-7-9(2)20(19-8)12-10(3)11(18-15)16-13(17-12)14(4,5)6/h7H,15H2,1-6H3,(H,16,17,18). The first-order valence-electron chi connectivity index (χ1n) is 6.63. The number of nitrogens with one attached hydrogen (secondary N) is 1. The van der Waals surface area contributed by atoms with Crippen LogP contribution in [0, 0.1) is 20.8 Å². The average molecular weight is 274 g/mol. The minimum Gasteiger partial charge on any atom is -0.308 e. The topological polar surface area (TPSA) is 81.7 Å². The van der Waals surface area contributed by atoms with E-state index in [9.17, 15) is 0 Å². The minimum atomic E-state index is -0.163. The zero-order valence-electron chi connectivity index (χ0n) is 12.9. The molecule has 3 N–H and O–H groups in total. The van der Waals surface area contributed by atoms with Gasteiger partial charge in [-0.15, -0.1) is 0 Å². The molecule has 0 saturated heterocycles. The molecule has 0 radical (unpaired) electrons. The molecule has 0 aromatic carbocycles. The molecular weight excluding hydrogens is 252 g/mol. The van der Waals surface area contributed by atoms with Gasteiger partial charge in [-0.3, -0.25) is 0 Å². The molecule has 0 bridgehead atoms. The second kappa shape index (κ2) is 4.86. The quantitative estimate of drug-likeness (QED) is 0.648. The average Bonchev–Trinajstić information content (AvgIpc) is 2.67. The van der Waals surface area contributed by atoms with E-state index >= 15 is 0 Å². The molecule has 108 valence electrons. The third-order valence-electron chi connectivity index (χ3n) is 3.14. The van der Waals surface area contributed by atoms with Crippen molar-refractivity contribution in [1.82, 2.24) is 19.7 Å². The Morgan fingerprint density at radius 2 is 1.80 bits per heavy atom. The van der Waals surface area contributed by atoms with Crippen LogP contribution in [0.1, 0.15) is 43.5 Å². The molecule has 0 aliphatic rings. The number of nitrogens with zero attached hydrogens (tertiary/aromatic N) is 4. The van der Waals surface area contributed by atoms with Crippen LogP contribution in [0.2, 0.25) is 0 Å². The lowest BCUT2D eigenvalue weighted by molar-refractivity contribution is 0.541. The van der Waals surface area contributed by atoms with E-state index in [0.29, 0.717) is 5.82 Å². The largest absolute Gasteiger partial charge is 0.308 e. The summed E-state index contributed by atoms with van der Waals surface area (Å²) in [7, 11) is 0. The van der Waals surface area contributed by atoms with Gasteiger partial charge < -0.3 is 5.43 Å². The Hall–Kier alpha value is -1.95. The van der Waals surface area contributed by atoms with Gasteiger partial charge in [-0.1, -0.05) is 20.8 Å². The monoisotopic (exact) mass is 274 g/mol. The fraction of sp³-hybridized carbons (Fsp3) is 0.500. The highest BCUT2D eigenvalue weighted by Gasteiger charge is 2.22. The van der Waals surface area contributed by atoms with Crippen LogP contribution in [-0.2, 0) is 5.41 Å². The predicted molar refractivity (Wildman–Crippen MR) is 79.9 cm³/mol. The Morgan fingerprint density at radius 3 is 2.25 bits per heavy atom. The van der Waals surface area contributed by atoms with Crippen LogP contribution in [0.15, 0.2) is 6.07 Å². The molecule has 0 unspecified atom stereocenters. The van der Waals surface area contributed by atoms with Crippen molar-refractivity contribution >= 4 is 5.82 Å². The van der Waals surface area contributed by atoms with Crippen LogP contribution in [0.4, 0.5) is 5.82 Å². The summed E-state index contributed by atoms with van der Waals surface area (Å²) in [6.45, 7) is 12.1. The highest BCUT2D eigenvalue weighted by Crippen LogP contribution is 2.25. The highest BCUT2D eigenvalue weighted by molar-refractivity contribution is 5.51. The molecule has 2 heterocycles. The van der Waals surface area contributed by atoms with E-state index in [2.05, 4.69) is 36.3 Å². The van der Waals surface area contributed by atoms with Crippen molar-refractivity contribution in [2.24, 2.45) is 5.84 Å². The van der Waals surface area contributed by atoms with E-state index in [-0.39, 0.29) is 5.41 Å². The summed E-state index contributed by atoms with van der Waals surface area (Å²) >= 11 is 0. The number of anilines is 1. The molecule has 0 aliphatic carbocycles. The Kier molecular flexibility index (Phi) is 3.52. The summed E-state index contributed by atoms with van der Waals surface area (Å²) in [5, 5.41) is 4.50. The van der Waals surface area contributed by atoms with Gasteiger partial charge in [0.25, 0.3) is 0 Å². The van der Waals surface area contributed by atoms with Crippen molar-refractivity contribution in [2.45, 2.75) is 47.0 Å². The molecule has 2 rings (SSSR count). The summed E-state index contributed by atoms with van der Waals surface area (Å²) in [4.78, 5) is 9.19. The van der Waals surface area contributed by atoms with Crippen LogP contribution < -0.4 is 11.3 Å². The molecule has 0 aliphatic heterocycles. The zero-order valence-corrected chi connectivity index (χ0v) is 12.9. The molecule has 6 nitrogen and oxygen atoms in total. The summed E-state index contributed by atoms with van der Waals surface area (Å²) in [5.41, 5.74) is 5.36. The van der Waals surface area contributed by atoms with E-state index in [4.69, 9.17) is 10.8 Å². The number of hydrazine groups is 1. The highest BCUT2D eigenvalue weighted by atomic mass is 15.3. The van der Waals surface area contributed by atoms with Gasteiger partial charge >= 0.3 is 0 Å². The van der Waals surface area contributed by atoms with Gasteiger partial charge in [-0.2, -0.15) is 5.10 Å². The molecule has 0 amide bonds. The SMILES string of the molecule is Cc1cc(C)n(-c2nc(C(C)(C)C)nc(NN)c2C)n1. The van der Waals surface area contributed by atoms with Crippen LogP contribution in [-0.4, -0.2) is 19.7 Å². The molecular formula is C14H22N6. The molecule has 6 heteroatoms. The van der Waals surface area contributed by atoms with E-state index in [0.717, 1.165) is 28.6 Å². The molecule has 20 heavy (non-hydrogen) atoms. The number of aromatic nitrogens is 4. The summed E-state index contributed by atoms with van der Waals surface area (Å²) < 4.78 is 1.84. The van der Waals surface area contributed by atoms with E-state index in [1.165, 1.54) is 0 Å². The summed E-state index contributed by atoms with van der Waals surface area (Å²) in [6, 6.07) is 2.02. The van der Waals surface area contributed by atoms with Gasteiger partial charge in [0.2, 0.25) is 0 Å². The van der Waals surface area contributed by atoms with Crippen molar-refractivity contribution in [1.29, 1.82) is 0 Å². The van der Waals surface area contributed by atoms with E-state index < -0.39 is 0 Å². The fourth-order valence-corrected chi connectivity index (χ4v) is 2.03. The van der Waals surface area contributed by atoms with E-state index in [1.807, 2.05) is 31.5 Å². The summed E-state index contributed by atoms with van der Waals surface area (Å²) in [5.74, 6) is 7.72. The second-order valence-electron chi connectivity index (χ2n) is 6.08. The van der Waals surface area contributed by atoms with Crippen LogP contribution in [0.5, 0.6) is 0 Å². The van der Waals surface area contributed by atoms with Crippen molar-refractivity contribution in [3.8, 4) is 5.82 Å². The van der Waals surface area contributed by atoms with Crippen LogP contribution >= 0.6 is 0 Å². The minimum absolute atomic E-state index is 0.163. The fourth-order valence-electron chi connectivity index (χ4n) is 2.03. The first-order chi connectivity index (χ1) is 9.24. The third-order valence-corrected chi connectivity index (χ3v) is 3.14. The van der Waals surface area contributed by atoms with Crippen LogP contribution in [0.25, 0.3) is 5.82 Å². The van der Waals surface area contributed by atoms with Crippen molar-refractivity contribution in [2.75, 3.05) is 5.43 Å². The van der Waals surface area contributed by atoms with Gasteiger partial charge in [-0.25, -0.2) is 20.5 Å². The lowest BCUT2D eigenvalue weighted by atomic mass is 9.95. The third kappa shape index (κ3) is 2.51. The number of nitrogens with two attached hydrogens (primary N) is 1. The van der Waals surface area contributed by atoms with Crippen molar-refractivity contribution in [3.05, 3.63) is 28.8 Å². The lowest BCUT2D eigenvalue weighted by Gasteiger charge is -2.20. The number of hydrogen-bond acceptors (Lipinski definition) is 5. The van der Waals surface area contributed by atoms with Gasteiger partial charge in [-0.05, 0) is 26.8 Å². The molecule has 0 saturated carbocycles. The van der Waals surface area contributed by atoms with Gasteiger partial charge in [0.05, 0.1) is 5.69 Å². The predicted octanol–water partition coefficient (Wildman–Crippen LogP) is 2.17. The maximum Gasteiger partial charge on any atom is 0.162 e. The molecule has 0 fully saturated rings. The molecule has 2 aromatic heterocycles. The van der Waals surface area contributed by atoms with Gasteiger partial charge in [0.15, 0.2) is 5.82 Å². The van der Waals surface area contributed by atoms with Crippen molar-refractivity contribution < 1.29 is 0 Å². The Balaban J connectivity index is 2.72. The lowest BCUT2D eigenvalue weighted by Crippen LogP contribution is -2.22. The smallest absolute Gasteiger partial charge is 0.162 e. The molecule has 0 spiro atoms. The maximum atomic E-state index is 5.58. The van der Waals surface area contributed by atoms with Crippen molar-refractivity contribution in [3.63, 3.8) is 0 Å². The first-order valence-corrected chi connectivity index (χ1v) is 6.63. The molecule has 2 aromatic rings. The number of aryl methyl sites for hydroxylation is 2. The molecule has 0 atom stereocenters.